The summed E-state index contributed by atoms with van der Waals surface area (Å²) in [6.45, 7) is 11.1. The van der Waals surface area contributed by atoms with Gasteiger partial charge in [-0.3, -0.25) is 4.98 Å². The fraction of sp³-hybridized carbons (Fsp3) is 0.667. The van der Waals surface area contributed by atoms with Gasteiger partial charge in [0.05, 0.1) is 19.0 Å². The van der Waals surface area contributed by atoms with E-state index in [2.05, 4.69) is 36.7 Å². The molecule has 4 nitrogen and oxygen atoms in total. The molecule has 0 saturated carbocycles. The van der Waals surface area contributed by atoms with Gasteiger partial charge in [0.15, 0.2) is 5.75 Å². The van der Waals surface area contributed by atoms with Crippen molar-refractivity contribution in [3.05, 3.63) is 18.0 Å². The average Bonchev–Trinajstić information content (AvgIpc) is 2.38. The fourth-order valence-corrected chi connectivity index (χ4v) is 2.07. The summed E-state index contributed by atoms with van der Waals surface area (Å²) in [7, 11) is 1.69. The summed E-state index contributed by atoms with van der Waals surface area (Å²) in [5, 5.41) is 0. The molecular formula is C15H27N3O. The maximum absolute atomic E-state index is 5.86. The van der Waals surface area contributed by atoms with Crippen molar-refractivity contribution in [3.8, 4) is 5.75 Å². The van der Waals surface area contributed by atoms with Gasteiger partial charge in [0.1, 0.15) is 0 Å². The molecule has 0 atom stereocenters. The van der Waals surface area contributed by atoms with Crippen LogP contribution < -0.4 is 15.4 Å². The van der Waals surface area contributed by atoms with Crippen molar-refractivity contribution in [2.24, 2.45) is 11.1 Å². The second-order valence-electron chi connectivity index (χ2n) is 5.79. The topological polar surface area (TPSA) is 51.4 Å². The van der Waals surface area contributed by atoms with E-state index in [-0.39, 0.29) is 5.41 Å². The number of nitrogens with two attached hydrogens (primary N) is 1. The van der Waals surface area contributed by atoms with Crippen molar-refractivity contribution in [2.45, 2.75) is 34.1 Å². The summed E-state index contributed by atoms with van der Waals surface area (Å²) in [6, 6.07) is 2.08. The van der Waals surface area contributed by atoms with Crippen LogP contribution in [0.15, 0.2) is 12.3 Å². The van der Waals surface area contributed by atoms with Crippen LogP contribution in [0.5, 0.6) is 5.75 Å². The first-order chi connectivity index (χ1) is 8.93. The van der Waals surface area contributed by atoms with Gasteiger partial charge in [0.25, 0.3) is 0 Å². The molecule has 0 spiro atoms. The summed E-state index contributed by atoms with van der Waals surface area (Å²) in [6.07, 6.45) is 2.88. The van der Waals surface area contributed by atoms with E-state index >= 15 is 0 Å². The molecule has 0 aliphatic rings. The number of methoxy groups -OCH3 is 1. The van der Waals surface area contributed by atoms with Crippen LogP contribution in [-0.4, -0.2) is 31.7 Å². The predicted octanol–water partition coefficient (Wildman–Crippen LogP) is 2.60. The zero-order chi connectivity index (χ0) is 14.5. The minimum absolute atomic E-state index is 0.0807. The molecule has 1 aromatic heterocycles. The Morgan fingerprint density at radius 1 is 1.42 bits per heavy atom. The van der Waals surface area contributed by atoms with E-state index in [0.717, 1.165) is 36.6 Å². The number of hydrogen-bond donors (Lipinski definition) is 1. The van der Waals surface area contributed by atoms with Crippen LogP contribution >= 0.6 is 0 Å². The quantitative estimate of drug-likeness (QED) is 0.823. The molecule has 0 aromatic carbocycles. The molecule has 0 radical (unpaired) electrons. The lowest BCUT2D eigenvalue weighted by Gasteiger charge is -2.34. The van der Waals surface area contributed by atoms with Gasteiger partial charge in [-0.15, -0.1) is 0 Å². The summed E-state index contributed by atoms with van der Waals surface area (Å²) in [5.41, 5.74) is 8.05. The van der Waals surface area contributed by atoms with Crippen LogP contribution in [-0.2, 0) is 0 Å². The Kier molecular flexibility index (Phi) is 5.60. The molecule has 108 valence electrons. The van der Waals surface area contributed by atoms with Gasteiger partial charge >= 0.3 is 0 Å². The third-order valence-electron chi connectivity index (χ3n) is 3.21. The maximum Gasteiger partial charge on any atom is 0.160 e. The maximum atomic E-state index is 5.86. The number of aryl methyl sites for hydroxylation is 1. The van der Waals surface area contributed by atoms with Gasteiger partial charge in [-0.05, 0) is 31.4 Å². The Labute approximate surface area is 117 Å². The van der Waals surface area contributed by atoms with Gasteiger partial charge in [-0.1, -0.05) is 20.8 Å². The molecule has 1 aromatic rings. The molecule has 0 amide bonds. The fourth-order valence-electron chi connectivity index (χ4n) is 2.07. The normalized spacial score (nSPS) is 11.5. The SMILES string of the molecule is CCCN(CC(C)(C)CN)c1cc(C)ncc1OC. The Balaban J connectivity index is 3.07. The van der Waals surface area contributed by atoms with Gasteiger partial charge in [-0.2, -0.15) is 0 Å². The monoisotopic (exact) mass is 265 g/mol. The van der Waals surface area contributed by atoms with Gasteiger partial charge in [0, 0.05) is 18.8 Å². The molecule has 0 aliphatic carbocycles. The van der Waals surface area contributed by atoms with Crippen molar-refractivity contribution in [1.82, 2.24) is 4.98 Å². The number of rotatable bonds is 7. The molecule has 0 saturated heterocycles. The minimum atomic E-state index is 0.0807. The Hall–Kier alpha value is -1.29. The van der Waals surface area contributed by atoms with E-state index in [0.29, 0.717) is 6.54 Å². The van der Waals surface area contributed by atoms with Crippen molar-refractivity contribution < 1.29 is 4.74 Å². The molecule has 4 heteroatoms. The molecular weight excluding hydrogens is 238 g/mol. The van der Waals surface area contributed by atoms with Crippen molar-refractivity contribution in [1.29, 1.82) is 0 Å². The van der Waals surface area contributed by atoms with Crippen molar-refractivity contribution >= 4 is 5.69 Å². The molecule has 19 heavy (non-hydrogen) atoms. The lowest BCUT2D eigenvalue weighted by Crippen LogP contribution is -2.39. The molecule has 1 rings (SSSR count). The zero-order valence-corrected chi connectivity index (χ0v) is 12.9. The number of ether oxygens (including phenoxy) is 1. The van der Waals surface area contributed by atoms with E-state index in [4.69, 9.17) is 10.5 Å². The molecule has 2 N–H and O–H groups in total. The number of aromatic nitrogens is 1. The number of hydrogen-bond acceptors (Lipinski definition) is 4. The Bertz CT molecular complexity index is 404. The van der Waals surface area contributed by atoms with Gasteiger partial charge in [-0.25, -0.2) is 0 Å². The predicted molar refractivity (Wildman–Crippen MR) is 80.9 cm³/mol. The zero-order valence-electron chi connectivity index (χ0n) is 12.9. The highest BCUT2D eigenvalue weighted by atomic mass is 16.5. The molecule has 0 aliphatic heterocycles. The van der Waals surface area contributed by atoms with Crippen LogP contribution in [0.4, 0.5) is 5.69 Å². The first-order valence-electron chi connectivity index (χ1n) is 6.89. The van der Waals surface area contributed by atoms with E-state index in [1.165, 1.54) is 0 Å². The standard InChI is InChI=1S/C15H27N3O/c1-6-7-18(11-15(3,4)10-16)13-8-12(2)17-9-14(13)19-5/h8-9H,6-7,10-11,16H2,1-5H3. The number of nitrogens with zero attached hydrogens (tertiary/aromatic N) is 2. The third-order valence-corrected chi connectivity index (χ3v) is 3.21. The van der Waals surface area contributed by atoms with Crippen LogP contribution in [0.25, 0.3) is 0 Å². The lowest BCUT2D eigenvalue weighted by molar-refractivity contribution is 0.371. The molecule has 0 fully saturated rings. The molecule has 1 heterocycles. The largest absolute Gasteiger partial charge is 0.493 e. The van der Waals surface area contributed by atoms with Crippen molar-refractivity contribution in [3.63, 3.8) is 0 Å². The molecule has 0 unspecified atom stereocenters. The Morgan fingerprint density at radius 2 is 2.11 bits per heavy atom. The van der Waals surface area contributed by atoms with E-state index in [9.17, 15) is 0 Å². The summed E-state index contributed by atoms with van der Waals surface area (Å²) < 4.78 is 5.44. The minimum Gasteiger partial charge on any atom is -0.493 e. The first kappa shape index (κ1) is 15.8. The number of anilines is 1. The highest BCUT2D eigenvalue weighted by molar-refractivity contribution is 5.58. The van der Waals surface area contributed by atoms with Crippen LogP contribution in [0.3, 0.4) is 0 Å². The van der Waals surface area contributed by atoms with Crippen LogP contribution in [0.1, 0.15) is 32.9 Å². The second kappa shape index (κ2) is 6.75. The summed E-state index contributed by atoms with van der Waals surface area (Å²) in [5.74, 6) is 0.826. The summed E-state index contributed by atoms with van der Waals surface area (Å²) >= 11 is 0. The van der Waals surface area contributed by atoms with Gasteiger partial charge < -0.3 is 15.4 Å². The van der Waals surface area contributed by atoms with Gasteiger partial charge in [0.2, 0.25) is 0 Å². The van der Waals surface area contributed by atoms with Crippen LogP contribution in [0, 0.1) is 12.3 Å². The average molecular weight is 265 g/mol. The van der Waals surface area contributed by atoms with E-state index in [1.807, 2.05) is 6.92 Å². The lowest BCUT2D eigenvalue weighted by atomic mass is 9.92. The highest BCUT2D eigenvalue weighted by Gasteiger charge is 2.22. The first-order valence-corrected chi connectivity index (χ1v) is 6.89. The van der Waals surface area contributed by atoms with Crippen molar-refractivity contribution in [2.75, 3.05) is 31.6 Å². The smallest absolute Gasteiger partial charge is 0.160 e. The third kappa shape index (κ3) is 4.39. The van der Waals surface area contributed by atoms with E-state index < -0.39 is 0 Å². The Morgan fingerprint density at radius 3 is 2.63 bits per heavy atom. The second-order valence-corrected chi connectivity index (χ2v) is 5.79. The number of pyridine rings is 1. The van der Waals surface area contributed by atoms with E-state index in [1.54, 1.807) is 13.3 Å². The summed E-state index contributed by atoms with van der Waals surface area (Å²) in [4.78, 5) is 6.64. The highest BCUT2D eigenvalue weighted by Crippen LogP contribution is 2.30. The van der Waals surface area contributed by atoms with Crippen LogP contribution in [0.2, 0.25) is 0 Å². The molecule has 0 bridgehead atoms.